The average molecular weight is 1400 g/mol. The van der Waals surface area contributed by atoms with Crippen molar-refractivity contribution in [2.75, 3.05) is 0 Å². The van der Waals surface area contributed by atoms with E-state index in [4.69, 9.17) is 0 Å². The second kappa shape index (κ2) is 18.7. The zero-order valence-electron chi connectivity index (χ0n) is 35.1. The second-order valence-electron chi connectivity index (χ2n) is 15.6. The quantitative estimate of drug-likeness (QED) is 0.0747. The topological polar surface area (TPSA) is 52.0 Å². The Balaban J connectivity index is 8.30. The SMILES string of the molecule is N[Si](N)(C(F)(F)C(F)(F)C(F)(F)C(F)(F)C(F)(F)C(F)(F)C(F)(F)C(F)(F)C(F)(F)C(F)(F)C(F)(F)C(F)(F)C(F)(F)F)C(F)(F)C(F)(F)C(F)(F)C(F)(F)C(F)(F)C(F)(F)C(F)(F)C(F)(F)C(F)(F)C(F)(F)C(F)(F)C(F)(F)C(F)(F)F. The molecule has 0 rings (SSSR count). The van der Waals surface area contributed by atoms with Gasteiger partial charge < -0.3 is 10.8 Å². The largest absolute Gasteiger partial charge is 0.460 e. The minimum absolute atomic E-state index is 3.04. The summed E-state index contributed by atoms with van der Waals surface area (Å²) >= 11 is 0. The van der Waals surface area contributed by atoms with Crippen LogP contribution in [0.5, 0.6) is 0 Å². The van der Waals surface area contributed by atoms with Crippen molar-refractivity contribution in [2.45, 2.75) is 154 Å². The molecule has 0 saturated heterocycles. The van der Waals surface area contributed by atoms with Crippen molar-refractivity contribution >= 4 is 8.40 Å². The van der Waals surface area contributed by atoms with E-state index in [9.17, 15) is 237 Å². The molecule has 0 fully saturated rings. The lowest BCUT2D eigenvalue weighted by Gasteiger charge is -2.49. The zero-order valence-corrected chi connectivity index (χ0v) is 36.1. The smallest absolute Gasteiger partial charge is 0.330 e. The fraction of sp³-hybridized carbons (Fsp3) is 1.00. The predicted octanol–water partition coefficient (Wildman–Crippen LogP) is 15.8. The molecule has 0 aromatic heterocycles. The van der Waals surface area contributed by atoms with Crippen LogP contribution in [0, 0.1) is 0 Å². The maximum Gasteiger partial charge on any atom is 0.460 e. The Labute approximate surface area is 411 Å². The molecule has 0 bridgehead atoms. The highest BCUT2D eigenvalue weighted by atomic mass is 28.4. The molecular weight excluding hydrogens is 1390 g/mol. The lowest BCUT2D eigenvalue weighted by Crippen LogP contribution is -2.90. The van der Waals surface area contributed by atoms with E-state index in [2.05, 4.69) is 10.8 Å². The maximum atomic E-state index is 14.7. The van der Waals surface area contributed by atoms with Crippen LogP contribution in [0.2, 0.25) is 0 Å². The number of nitrogens with two attached hydrogens (primary N) is 2. The Morgan fingerprint density at radius 2 is 0.193 bits per heavy atom. The molecular formula is C26H4F54N2Si. The van der Waals surface area contributed by atoms with E-state index in [0.717, 1.165) is 0 Å². The van der Waals surface area contributed by atoms with E-state index in [1.165, 1.54) is 0 Å². The van der Waals surface area contributed by atoms with Gasteiger partial charge in [-0.25, -0.2) is 17.6 Å². The maximum absolute atomic E-state index is 14.7. The van der Waals surface area contributed by atoms with Crippen LogP contribution in [0.15, 0.2) is 0 Å². The minimum atomic E-state index is -11.3. The third-order valence-electron chi connectivity index (χ3n) is 10.4. The molecule has 0 unspecified atom stereocenters. The third-order valence-corrected chi connectivity index (χ3v) is 13.1. The van der Waals surface area contributed by atoms with Crippen LogP contribution < -0.4 is 10.8 Å². The zero-order chi connectivity index (χ0) is 69.5. The summed E-state index contributed by atoms with van der Waals surface area (Å²) in [5.41, 5.74) is -20.1. The highest BCUT2D eigenvalue weighted by molar-refractivity contribution is 6.79. The normalized spacial score (nSPS) is 17.6. The molecule has 0 aliphatic heterocycles. The molecule has 0 heterocycles. The first-order chi connectivity index (χ1) is 34.5. The Bertz CT molecular complexity index is 2190. The first-order valence-electron chi connectivity index (χ1n) is 17.3. The third kappa shape index (κ3) is 8.61. The predicted molar refractivity (Wildman–Crippen MR) is 145 cm³/mol. The van der Waals surface area contributed by atoms with Crippen molar-refractivity contribution in [3.05, 3.63) is 0 Å². The minimum Gasteiger partial charge on any atom is -0.330 e. The van der Waals surface area contributed by atoms with E-state index >= 15 is 0 Å². The number of hydrogen-bond donors (Lipinski definition) is 2. The van der Waals surface area contributed by atoms with E-state index in [0.29, 0.717) is 0 Å². The standard InChI is InChI=1S/C26H4F54N2Si/c27-1(28,3(31,32)7(39,40)11(47,48)15(55,56)19(63,64)23(71,72)73)5(35,36)9(43,44)13(51,52)17(59,60)21(67,68)25(77,78)83(81,82)26(79,80)22(69,70)18(61,62)14(53,54)10(45,46)6(37,38)2(29,30)4(33,34)8(41,42)12(49,50)16(57,58)20(65,66)24(74,75)76/h81-82H2. The van der Waals surface area contributed by atoms with Crippen molar-refractivity contribution in [1.82, 2.24) is 0 Å². The molecule has 0 atom stereocenters. The molecule has 0 saturated carbocycles. The van der Waals surface area contributed by atoms with Crippen LogP contribution in [0.4, 0.5) is 237 Å². The molecule has 0 amide bonds. The fourth-order valence-corrected chi connectivity index (χ4v) is 6.76. The van der Waals surface area contributed by atoms with Gasteiger partial charge in [0.2, 0.25) is 0 Å². The molecule has 0 aromatic rings. The summed E-state index contributed by atoms with van der Waals surface area (Å²) in [6, 6.07) is 0. The van der Waals surface area contributed by atoms with Gasteiger partial charge in [0.1, 0.15) is 0 Å². The second-order valence-corrected chi connectivity index (χ2v) is 18.6. The highest BCUT2D eigenvalue weighted by Crippen LogP contribution is 2.72. The summed E-state index contributed by atoms with van der Waals surface area (Å²) in [7, 11) is -11.3. The lowest BCUT2D eigenvalue weighted by molar-refractivity contribution is -0.484. The molecule has 83 heavy (non-hydrogen) atoms. The number of rotatable bonds is 24. The van der Waals surface area contributed by atoms with Crippen molar-refractivity contribution < 1.29 is 237 Å². The molecule has 57 heteroatoms. The van der Waals surface area contributed by atoms with Crippen LogP contribution in [0.25, 0.3) is 0 Å². The van der Waals surface area contributed by atoms with Gasteiger partial charge in [0.25, 0.3) is 0 Å². The van der Waals surface area contributed by atoms with Crippen LogP contribution in [0.1, 0.15) is 0 Å². The molecule has 500 valence electrons. The molecule has 0 aromatic carbocycles. The molecule has 2 nitrogen and oxygen atoms in total. The average Bonchev–Trinajstić information content (AvgIpc) is 3.23. The van der Waals surface area contributed by atoms with E-state index < -0.39 is 162 Å². The molecule has 0 spiro atoms. The first kappa shape index (κ1) is 79.4. The van der Waals surface area contributed by atoms with Crippen LogP contribution in [0.3, 0.4) is 0 Å². The van der Waals surface area contributed by atoms with Gasteiger partial charge in [0.05, 0.1) is 0 Å². The summed E-state index contributed by atoms with van der Waals surface area (Å²) in [4.78, 5) is 0. The summed E-state index contributed by atoms with van der Waals surface area (Å²) in [6.07, 6.45) is -17.3. The van der Waals surface area contributed by atoms with Crippen molar-refractivity contribution in [1.29, 1.82) is 0 Å². The number of halogens is 54. The van der Waals surface area contributed by atoms with E-state index in [1.54, 1.807) is 0 Å². The van der Waals surface area contributed by atoms with E-state index in [-0.39, 0.29) is 0 Å². The van der Waals surface area contributed by atoms with Gasteiger partial charge in [-0.1, -0.05) is 0 Å². The van der Waals surface area contributed by atoms with Crippen LogP contribution >= 0.6 is 0 Å². The first-order valence-corrected chi connectivity index (χ1v) is 19.4. The van der Waals surface area contributed by atoms with Crippen LogP contribution in [-0.4, -0.2) is 162 Å². The summed E-state index contributed by atoms with van der Waals surface area (Å²) < 4.78 is 743. The van der Waals surface area contributed by atoms with Crippen molar-refractivity contribution in [3.63, 3.8) is 0 Å². The summed E-state index contributed by atoms with van der Waals surface area (Å²) in [5.74, 6) is -227. The molecule has 0 aliphatic rings. The number of alkyl halides is 54. The van der Waals surface area contributed by atoms with Gasteiger partial charge in [-0.3, -0.25) is 0 Å². The van der Waals surface area contributed by atoms with Crippen molar-refractivity contribution in [3.8, 4) is 0 Å². The highest BCUT2D eigenvalue weighted by Gasteiger charge is 3.05. The van der Waals surface area contributed by atoms with Gasteiger partial charge in [0, 0.05) is 0 Å². The summed E-state index contributed by atoms with van der Waals surface area (Å²) in [5, 5.41) is 6.08. The Hall–Kier alpha value is -3.64. The monoisotopic (exact) mass is 1400 g/mol. The number of hydrogen-bond acceptors (Lipinski definition) is 2. The van der Waals surface area contributed by atoms with Crippen molar-refractivity contribution in [2.24, 2.45) is 10.8 Å². The Morgan fingerprint density at radius 3 is 0.277 bits per heavy atom. The fourth-order valence-electron chi connectivity index (χ4n) is 5.02. The summed E-state index contributed by atoms with van der Waals surface area (Å²) in [6.45, 7) is 0. The van der Waals surface area contributed by atoms with E-state index in [1.807, 2.05) is 0 Å². The van der Waals surface area contributed by atoms with Gasteiger partial charge in [-0.2, -0.15) is 220 Å². The Morgan fingerprint density at radius 1 is 0.120 bits per heavy atom. The van der Waals surface area contributed by atoms with Crippen LogP contribution in [-0.2, 0) is 0 Å². The molecule has 0 radical (unpaired) electrons. The Kier molecular flexibility index (Phi) is 17.9. The molecule has 4 N–H and O–H groups in total. The molecule has 0 aliphatic carbocycles. The van der Waals surface area contributed by atoms with Gasteiger partial charge in [-0.05, 0) is 0 Å². The van der Waals surface area contributed by atoms with Gasteiger partial charge >= 0.3 is 162 Å². The van der Waals surface area contributed by atoms with Gasteiger partial charge in [0.15, 0.2) is 0 Å². The lowest BCUT2D eigenvalue weighted by atomic mass is 9.84. The van der Waals surface area contributed by atoms with Gasteiger partial charge in [-0.15, -0.1) is 0 Å².